The highest BCUT2D eigenvalue weighted by molar-refractivity contribution is 5.27. The van der Waals surface area contributed by atoms with Crippen LogP contribution < -0.4 is 5.73 Å². The smallest absolute Gasteiger partial charge is 0.123 e. The number of nitrogens with zero attached hydrogens (tertiary/aromatic N) is 1. The molecule has 2 atom stereocenters. The van der Waals surface area contributed by atoms with E-state index in [1.807, 2.05) is 6.92 Å². The number of rotatable bonds is 4. The Morgan fingerprint density at radius 2 is 2.28 bits per heavy atom. The van der Waals surface area contributed by atoms with Crippen LogP contribution in [0.25, 0.3) is 0 Å². The summed E-state index contributed by atoms with van der Waals surface area (Å²) in [5, 5.41) is 9.57. The van der Waals surface area contributed by atoms with Crippen molar-refractivity contribution in [3.8, 4) is 0 Å². The van der Waals surface area contributed by atoms with Crippen LogP contribution in [-0.4, -0.2) is 29.2 Å². The lowest BCUT2D eigenvalue weighted by Gasteiger charge is -2.19. The van der Waals surface area contributed by atoms with Gasteiger partial charge in [-0.2, -0.15) is 0 Å². The topological polar surface area (TPSA) is 49.5 Å². The summed E-state index contributed by atoms with van der Waals surface area (Å²) < 4.78 is 13.3. The van der Waals surface area contributed by atoms with Gasteiger partial charge in [0.2, 0.25) is 0 Å². The van der Waals surface area contributed by atoms with Crippen molar-refractivity contribution in [2.45, 2.75) is 32.5 Å². The van der Waals surface area contributed by atoms with Crippen LogP contribution in [0.3, 0.4) is 0 Å². The van der Waals surface area contributed by atoms with E-state index in [0.29, 0.717) is 19.0 Å². The van der Waals surface area contributed by atoms with E-state index < -0.39 is 0 Å². The number of benzene rings is 1. The summed E-state index contributed by atoms with van der Waals surface area (Å²) >= 11 is 0. The van der Waals surface area contributed by atoms with E-state index in [4.69, 9.17) is 5.73 Å². The molecule has 1 aliphatic rings. The number of halogens is 1. The maximum absolute atomic E-state index is 13.3. The first-order valence-electron chi connectivity index (χ1n) is 6.48. The van der Waals surface area contributed by atoms with Gasteiger partial charge >= 0.3 is 0 Å². The van der Waals surface area contributed by atoms with Gasteiger partial charge < -0.3 is 10.8 Å². The van der Waals surface area contributed by atoms with Crippen molar-refractivity contribution in [1.82, 2.24) is 4.90 Å². The molecule has 0 amide bonds. The standard InChI is InChI=1S/C14H21FN2O/c1-10(18)12-4-5-17(8-12)9-13-6-14(15)3-2-11(13)7-16/h2-3,6,10,12,18H,4-5,7-9,16H2,1H3. The van der Waals surface area contributed by atoms with Crippen LogP contribution in [0.5, 0.6) is 0 Å². The van der Waals surface area contributed by atoms with Crippen LogP contribution in [0.15, 0.2) is 18.2 Å². The molecular weight excluding hydrogens is 231 g/mol. The first-order chi connectivity index (χ1) is 8.60. The Balaban J connectivity index is 2.04. The summed E-state index contributed by atoms with van der Waals surface area (Å²) in [6.07, 6.45) is 0.738. The Labute approximate surface area is 107 Å². The number of likely N-dealkylation sites (tertiary alicyclic amines) is 1. The molecule has 0 saturated carbocycles. The highest BCUT2D eigenvalue weighted by Gasteiger charge is 2.26. The Morgan fingerprint density at radius 3 is 2.89 bits per heavy atom. The molecule has 100 valence electrons. The number of nitrogens with two attached hydrogens (primary N) is 1. The highest BCUT2D eigenvalue weighted by atomic mass is 19.1. The molecule has 2 rings (SSSR count). The van der Waals surface area contributed by atoms with E-state index in [2.05, 4.69) is 4.90 Å². The van der Waals surface area contributed by atoms with E-state index in [1.165, 1.54) is 6.07 Å². The SMILES string of the molecule is CC(O)C1CCN(Cc2cc(F)ccc2CN)C1. The Hall–Kier alpha value is -0.970. The van der Waals surface area contributed by atoms with Crippen molar-refractivity contribution >= 4 is 0 Å². The van der Waals surface area contributed by atoms with Gasteiger partial charge in [-0.05, 0) is 49.1 Å². The van der Waals surface area contributed by atoms with Crippen molar-refractivity contribution in [2.75, 3.05) is 13.1 Å². The van der Waals surface area contributed by atoms with Crippen molar-refractivity contribution in [2.24, 2.45) is 11.7 Å². The molecule has 0 bridgehead atoms. The van der Waals surface area contributed by atoms with Crippen LogP contribution in [-0.2, 0) is 13.1 Å². The van der Waals surface area contributed by atoms with E-state index >= 15 is 0 Å². The first-order valence-corrected chi connectivity index (χ1v) is 6.48. The van der Waals surface area contributed by atoms with Gasteiger partial charge in [0.1, 0.15) is 5.82 Å². The maximum Gasteiger partial charge on any atom is 0.123 e. The monoisotopic (exact) mass is 252 g/mol. The molecule has 1 heterocycles. The van der Waals surface area contributed by atoms with E-state index in [-0.39, 0.29) is 11.9 Å². The largest absolute Gasteiger partial charge is 0.393 e. The number of hydrogen-bond acceptors (Lipinski definition) is 3. The minimum Gasteiger partial charge on any atom is -0.393 e. The van der Waals surface area contributed by atoms with Crippen LogP contribution >= 0.6 is 0 Å². The summed E-state index contributed by atoms with van der Waals surface area (Å²) in [5.41, 5.74) is 7.63. The summed E-state index contributed by atoms with van der Waals surface area (Å²) in [6, 6.07) is 4.78. The molecule has 3 nitrogen and oxygen atoms in total. The second kappa shape index (κ2) is 5.78. The molecule has 3 N–H and O–H groups in total. The lowest BCUT2D eigenvalue weighted by Crippen LogP contribution is -2.24. The van der Waals surface area contributed by atoms with Crippen LogP contribution in [0.1, 0.15) is 24.5 Å². The zero-order valence-electron chi connectivity index (χ0n) is 10.8. The Kier molecular flexibility index (Phi) is 4.32. The minimum atomic E-state index is -0.267. The van der Waals surface area contributed by atoms with E-state index in [0.717, 1.165) is 30.6 Å². The third-order valence-corrected chi connectivity index (χ3v) is 3.77. The fraction of sp³-hybridized carbons (Fsp3) is 0.571. The molecule has 1 aromatic carbocycles. The summed E-state index contributed by atoms with van der Waals surface area (Å²) in [7, 11) is 0. The zero-order chi connectivity index (χ0) is 13.1. The summed E-state index contributed by atoms with van der Waals surface area (Å²) in [6.45, 7) is 4.81. The van der Waals surface area contributed by atoms with Crippen molar-refractivity contribution in [3.05, 3.63) is 35.1 Å². The van der Waals surface area contributed by atoms with Crippen LogP contribution in [0, 0.1) is 11.7 Å². The Morgan fingerprint density at radius 1 is 1.50 bits per heavy atom. The predicted octanol–water partition coefficient (Wildman–Crippen LogP) is 1.49. The predicted molar refractivity (Wildman–Crippen MR) is 69.4 cm³/mol. The lowest BCUT2D eigenvalue weighted by atomic mass is 10.0. The molecule has 1 saturated heterocycles. The quantitative estimate of drug-likeness (QED) is 0.853. The molecule has 0 aromatic heterocycles. The van der Waals surface area contributed by atoms with Crippen molar-refractivity contribution < 1.29 is 9.50 Å². The highest BCUT2D eigenvalue weighted by Crippen LogP contribution is 2.22. The molecule has 0 spiro atoms. The molecule has 2 unspecified atom stereocenters. The minimum absolute atomic E-state index is 0.214. The van der Waals surface area contributed by atoms with Crippen LogP contribution in [0.2, 0.25) is 0 Å². The molecule has 1 fully saturated rings. The molecule has 0 aliphatic carbocycles. The second-order valence-corrected chi connectivity index (χ2v) is 5.14. The van der Waals surface area contributed by atoms with Gasteiger partial charge in [-0.1, -0.05) is 6.07 Å². The average Bonchev–Trinajstić information content (AvgIpc) is 2.78. The molecular formula is C14H21FN2O. The van der Waals surface area contributed by atoms with Gasteiger partial charge in [-0.15, -0.1) is 0 Å². The van der Waals surface area contributed by atoms with Crippen LogP contribution in [0.4, 0.5) is 4.39 Å². The molecule has 0 radical (unpaired) electrons. The number of aliphatic hydroxyl groups excluding tert-OH is 1. The van der Waals surface area contributed by atoms with Gasteiger partial charge in [0.25, 0.3) is 0 Å². The van der Waals surface area contributed by atoms with E-state index in [1.54, 1.807) is 12.1 Å². The average molecular weight is 252 g/mol. The molecule has 18 heavy (non-hydrogen) atoms. The molecule has 1 aromatic rings. The molecule has 4 heteroatoms. The van der Waals surface area contributed by atoms with Gasteiger partial charge in [-0.3, -0.25) is 4.90 Å². The van der Waals surface area contributed by atoms with Gasteiger partial charge in [0.15, 0.2) is 0 Å². The fourth-order valence-electron chi connectivity index (χ4n) is 2.58. The summed E-state index contributed by atoms with van der Waals surface area (Å²) in [5.74, 6) is 0.119. The fourth-order valence-corrected chi connectivity index (χ4v) is 2.58. The lowest BCUT2D eigenvalue weighted by molar-refractivity contribution is 0.127. The van der Waals surface area contributed by atoms with Gasteiger partial charge in [0.05, 0.1) is 6.10 Å². The van der Waals surface area contributed by atoms with Gasteiger partial charge in [0, 0.05) is 19.6 Å². The second-order valence-electron chi connectivity index (χ2n) is 5.14. The molecule has 1 aliphatic heterocycles. The third kappa shape index (κ3) is 3.07. The van der Waals surface area contributed by atoms with Gasteiger partial charge in [-0.25, -0.2) is 4.39 Å². The first kappa shape index (κ1) is 13.5. The third-order valence-electron chi connectivity index (χ3n) is 3.77. The van der Waals surface area contributed by atoms with E-state index in [9.17, 15) is 9.50 Å². The van der Waals surface area contributed by atoms with Crippen molar-refractivity contribution in [3.63, 3.8) is 0 Å². The van der Waals surface area contributed by atoms with Crippen molar-refractivity contribution in [1.29, 1.82) is 0 Å². The number of aliphatic hydroxyl groups is 1. The zero-order valence-corrected chi connectivity index (χ0v) is 10.8. The summed E-state index contributed by atoms with van der Waals surface area (Å²) in [4.78, 5) is 2.26. The maximum atomic E-state index is 13.3. The number of hydrogen-bond donors (Lipinski definition) is 2. The normalized spacial score (nSPS) is 22.3. The Bertz CT molecular complexity index is 409.